The Morgan fingerprint density at radius 3 is 2.44 bits per heavy atom. The summed E-state index contributed by atoms with van der Waals surface area (Å²) in [5, 5.41) is 0.431. The second-order valence-corrected chi connectivity index (χ2v) is 6.64. The van der Waals surface area contributed by atoms with Crippen LogP contribution >= 0.6 is 0 Å². The van der Waals surface area contributed by atoms with E-state index in [9.17, 15) is 18.0 Å². The monoisotopic (exact) mass is 374 g/mol. The van der Waals surface area contributed by atoms with E-state index in [1.54, 1.807) is 30.3 Å². The molecule has 1 aliphatic rings. The molecule has 1 atom stereocenters. The molecule has 0 radical (unpaired) electrons. The minimum atomic E-state index is -4.60. The van der Waals surface area contributed by atoms with Crippen LogP contribution in [0.15, 0.2) is 47.3 Å². The minimum absolute atomic E-state index is 0.0369. The van der Waals surface area contributed by atoms with E-state index >= 15 is 0 Å². The predicted octanol–water partition coefficient (Wildman–Crippen LogP) is 3.79. The number of halogens is 3. The van der Waals surface area contributed by atoms with Gasteiger partial charge in [-0.25, -0.2) is 14.3 Å². The Bertz CT molecular complexity index is 1050. The maximum Gasteiger partial charge on any atom is 0.433 e. The van der Waals surface area contributed by atoms with Crippen LogP contribution in [0.1, 0.15) is 25.5 Å². The van der Waals surface area contributed by atoms with Gasteiger partial charge >= 0.3 is 11.9 Å². The minimum Gasteiger partial charge on any atom is -0.353 e. The summed E-state index contributed by atoms with van der Waals surface area (Å²) in [5.41, 5.74) is -1.29. The molecular formula is C19H17F3N4O. The van der Waals surface area contributed by atoms with Crippen LogP contribution in [0.3, 0.4) is 0 Å². The Kier molecular flexibility index (Phi) is 4.13. The molecule has 0 unspecified atom stereocenters. The predicted molar refractivity (Wildman–Crippen MR) is 96.2 cm³/mol. The molecule has 2 aromatic heterocycles. The molecule has 0 saturated carbocycles. The summed E-state index contributed by atoms with van der Waals surface area (Å²) in [7, 11) is 0. The average molecular weight is 374 g/mol. The summed E-state index contributed by atoms with van der Waals surface area (Å²) < 4.78 is 40.8. The molecule has 140 valence electrons. The molecule has 1 saturated heterocycles. The maximum atomic E-state index is 13.2. The molecule has 27 heavy (non-hydrogen) atoms. The van der Waals surface area contributed by atoms with E-state index < -0.39 is 17.6 Å². The highest BCUT2D eigenvalue weighted by molar-refractivity contribution is 5.88. The fourth-order valence-corrected chi connectivity index (χ4v) is 3.52. The lowest BCUT2D eigenvalue weighted by atomic mass is 10.2. The summed E-state index contributed by atoms with van der Waals surface area (Å²) in [4.78, 5) is 22.8. The first-order valence-electron chi connectivity index (χ1n) is 8.69. The third-order valence-electron chi connectivity index (χ3n) is 4.85. The topological polar surface area (TPSA) is 51.0 Å². The maximum absolute atomic E-state index is 13.2. The van der Waals surface area contributed by atoms with Crippen molar-refractivity contribution in [1.29, 1.82) is 0 Å². The molecule has 1 fully saturated rings. The summed E-state index contributed by atoms with van der Waals surface area (Å²) in [6.07, 6.45) is -2.71. The normalized spacial score (nSPS) is 17.6. The van der Waals surface area contributed by atoms with Gasteiger partial charge in [0.2, 0.25) is 0 Å². The zero-order valence-electron chi connectivity index (χ0n) is 14.6. The van der Waals surface area contributed by atoms with Gasteiger partial charge in [0, 0.05) is 12.6 Å². The summed E-state index contributed by atoms with van der Waals surface area (Å²) in [6.45, 7) is 2.72. The highest BCUT2D eigenvalue weighted by Gasteiger charge is 2.34. The van der Waals surface area contributed by atoms with Gasteiger partial charge in [0.05, 0.1) is 11.1 Å². The third kappa shape index (κ3) is 3.05. The van der Waals surface area contributed by atoms with Gasteiger partial charge in [-0.05, 0) is 44.0 Å². The first-order valence-corrected chi connectivity index (χ1v) is 8.69. The third-order valence-corrected chi connectivity index (χ3v) is 4.85. The van der Waals surface area contributed by atoms with Crippen molar-refractivity contribution in [3.8, 4) is 5.69 Å². The second kappa shape index (κ2) is 6.37. The number of hydrogen-bond donors (Lipinski definition) is 0. The quantitative estimate of drug-likeness (QED) is 0.685. The lowest BCUT2D eigenvalue weighted by Crippen LogP contribution is -2.32. The standard InChI is InChI=1S/C19H17F3N4O/c1-12-6-5-11-25(12)16-14-9-10-15(19(20,21)22)23-17(14)26(18(27)24-16)13-7-3-2-4-8-13/h2-4,7-10,12H,5-6,11H2,1H3/t12-/m1/s1. The molecule has 3 heterocycles. The molecule has 4 rings (SSSR count). The molecule has 3 aromatic rings. The number of anilines is 1. The van der Waals surface area contributed by atoms with Crippen molar-refractivity contribution in [1.82, 2.24) is 14.5 Å². The van der Waals surface area contributed by atoms with Gasteiger partial charge in [-0.2, -0.15) is 18.2 Å². The molecule has 0 bridgehead atoms. The highest BCUT2D eigenvalue weighted by atomic mass is 19.4. The number of fused-ring (bicyclic) bond motifs is 1. The van der Waals surface area contributed by atoms with Gasteiger partial charge in [-0.3, -0.25) is 0 Å². The van der Waals surface area contributed by atoms with Crippen molar-refractivity contribution in [2.75, 3.05) is 11.4 Å². The number of pyridine rings is 1. The molecule has 8 heteroatoms. The Morgan fingerprint density at radius 2 is 1.81 bits per heavy atom. The number of hydrogen-bond acceptors (Lipinski definition) is 4. The van der Waals surface area contributed by atoms with Crippen molar-refractivity contribution in [3.05, 3.63) is 58.6 Å². The zero-order chi connectivity index (χ0) is 19.2. The lowest BCUT2D eigenvalue weighted by molar-refractivity contribution is -0.141. The highest BCUT2D eigenvalue weighted by Crippen LogP contribution is 2.33. The number of benzene rings is 1. The van der Waals surface area contributed by atoms with E-state index in [0.29, 0.717) is 23.4 Å². The van der Waals surface area contributed by atoms with E-state index in [-0.39, 0.29) is 11.7 Å². The van der Waals surface area contributed by atoms with E-state index in [2.05, 4.69) is 9.97 Å². The van der Waals surface area contributed by atoms with Crippen LogP contribution in [-0.4, -0.2) is 27.1 Å². The van der Waals surface area contributed by atoms with E-state index in [0.717, 1.165) is 23.5 Å². The van der Waals surface area contributed by atoms with Crippen LogP contribution in [-0.2, 0) is 6.18 Å². The largest absolute Gasteiger partial charge is 0.433 e. The molecule has 1 aromatic carbocycles. The van der Waals surface area contributed by atoms with Crippen LogP contribution < -0.4 is 10.6 Å². The number of aromatic nitrogens is 3. The molecule has 0 spiro atoms. The Hall–Kier alpha value is -2.90. The first kappa shape index (κ1) is 17.5. The van der Waals surface area contributed by atoms with Gasteiger partial charge in [0.15, 0.2) is 5.65 Å². The van der Waals surface area contributed by atoms with E-state index in [1.165, 1.54) is 6.07 Å². The van der Waals surface area contributed by atoms with Gasteiger partial charge in [-0.15, -0.1) is 0 Å². The smallest absolute Gasteiger partial charge is 0.353 e. The number of rotatable bonds is 2. The molecule has 0 aliphatic carbocycles. The fourth-order valence-electron chi connectivity index (χ4n) is 3.52. The average Bonchev–Trinajstić information content (AvgIpc) is 3.06. The van der Waals surface area contributed by atoms with Crippen molar-refractivity contribution in [2.45, 2.75) is 32.0 Å². The van der Waals surface area contributed by atoms with Crippen LogP contribution in [0.25, 0.3) is 16.7 Å². The Morgan fingerprint density at radius 1 is 1.07 bits per heavy atom. The molecule has 0 N–H and O–H groups in total. The van der Waals surface area contributed by atoms with Crippen LogP contribution in [0.4, 0.5) is 19.0 Å². The Balaban J connectivity index is 2.05. The fraction of sp³-hybridized carbons (Fsp3) is 0.316. The zero-order valence-corrected chi connectivity index (χ0v) is 14.6. The van der Waals surface area contributed by atoms with Crippen molar-refractivity contribution in [2.24, 2.45) is 0 Å². The molecule has 0 amide bonds. The van der Waals surface area contributed by atoms with E-state index in [4.69, 9.17) is 0 Å². The molecule has 5 nitrogen and oxygen atoms in total. The van der Waals surface area contributed by atoms with E-state index in [1.807, 2.05) is 11.8 Å². The number of alkyl halides is 3. The second-order valence-electron chi connectivity index (χ2n) is 6.64. The summed E-state index contributed by atoms with van der Waals surface area (Å²) in [5.74, 6) is 0.397. The number of para-hydroxylation sites is 1. The van der Waals surface area contributed by atoms with Crippen LogP contribution in [0.5, 0.6) is 0 Å². The SMILES string of the molecule is C[C@@H]1CCCN1c1nc(=O)n(-c2ccccc2)c2nc(C(F)(F)F)ccc12. The first-order chi connectivity index (χ1) is 12.9. The van der Waals surface area contributed by atoms with Gasteiger partial charge < -0.3 is 4.90 Å². The van der Waals surface area contributed by atoms with Crippen LogP contribution in [0, 0.1) is 0 Å². The summed E-state index contributed by atoms with van der Waals surface area (Å²) in [6, 6.07) is 10.9. The van der Waals surface area contributed by atoms with Crippen molar-refractivity contribution < 1.29 is 13.2 Å². The molecule has 1 aliphatic heterocycles. The van der Waals surface area contributed by atoms with Crippen molar-refractivity contribution >= 4 is 16.9 Å². The lowest BCUT2D eigenvalue weighted by Gasteiger charge is -2.24. The van der Waals surface area contributed by atoms with Gasteiger partial charge in [0.25, 0.3) is 0 Å². The van der Waals surface area contributed by atoms with Crippen LogP contribution in [0.2, 0.25) is 0 Å². The van der Waals surface area contributed by atoms with Gasteiger partial charge in [-0.1, -0.05) is 18.2 Å². The summed E-state index contributed by atoms with van der Waals surface area (Å²) >= 11 is 0. The molecular weight excluding hydrogens is 357 g/mol. The Labute approximate surface area is 153 Å². The van der Waals surface area contributed by atoms with Gasteiger partial charge in [0.1, 0.15) is 11.5 Å². The van der Waals surface area contributed by atoms with Crippen molar-refractivity contribution in [3.63, 3.8) is 0 Å². The number of nitrogens with zero attached hydrogens (tertiary/aromatic N) is 4.